The minimum absolute atomic E-state index is 0. The molecule has 0 amide bonds. The molecule has 1 radical (unpaired) electrons. The van der Waals surface area contributed by atoms with E-state index in [2.05, 4.69) is 19.2 Å². The van der Waals surface area contributed by atoms with Gasteiger partial charge in [-0.15, -0.1) is 0 Å². The van der Waals surface area contributed by atoms with Gasteiger partial charge in [0, 0.05) is 51.4 Å². The van der Waals surface area contributed by atoms with Gasteiger partial charge in [-0.25, -0.2) is 0 Å². The molecule has 0 atom stereocenters. The van der Waals surface area contributed by atoms with E-state index < -0.39 is 0 Å². The monoisotopic (exact) mass is 112 g/mol. The van der Waals surface area contributed by atoms with E-state index in [1.165, 1.54) is 0 Å². The summed E-state index contributed by atoms with van der Waals surface area (Å²) in [6, 6.07) is 0. The summed E-state index contributed by atoms with van der Waals surface area (Å²) in [5.74, 6) is 0. The van der Waals surface area contributed by atoms with E-state index in [0.717, 1.165) is 13.1 Å². The van der Waals surface area contributed by atoms with E-state index in [1.807, 2.05) is 0 Å². The van der Waals surface area contributed by atoms with Crippen LogP contribution in [0.1, 0.15) is 13.8 Å². The van der Waals surface area contributed by atoms with Gasteiger partial charge in [0.2, 0.25) is 0 Å². The van der Waals surface area contributed by atoms with Crippen LogP contribution in [-0.4, -0.2) is 64.5 Å². The first-order valence-electron chi connectivity index (χ1n) is 2.12. The summed E-state index contributed by atoms with van der Waals surface area (Å²) in [6.45, 7) is 6.39. The van der Waals surface area contributed by atoms with Crippen LogP contribution in [0.15, 0.2) is 0 Å². The molecule has 0 aromatic rings. The van der Waals surface area contributed by atoms with E-state index >= 15 is 0 Å². The van der Waals surface area contributed by atoms with Gasteiger partial charge in [-0.1, -0.05) is 13.8 Å². The molecule has 0 unspecified atom stereocenters. The predicted octanol–water partition coefficient (Wildman–Crippen LogP) is 0.235. The van der Waals surface area contributed by atoms with Crippen LogP contribution in [0.4, 0.5) is 0 Å². The first-order valence-corrected chi connectivity index (χ1v) is 2.12. The largest absolute Gasteiger partial charge is 0.317 e. The van der Waals surface area contributed by atoms with Crippen molar-refractivity contribution < 1.29 is 0 Å². The molecule has 1 nitrogen and oxygen atoms in total. The van der Waals surface area contributed by atoms with Crippen molar-refractivity contribution in [2.45, 2.75) is 13.8 Å². The molecule has 6 heavy (non-hydrogen) atoms. The van der Waals surface area contributed by atoms with Crippen LogP contribution in [0.25, 0.3) is 0 Å². The van der Waals surface area contributed by atoms with Crippen LogP contribution in [0.3, 0.4) is 0 Å². The normalized spacial score (nSPS) is 7.00. The number of rotatable bonds is 2. The molecule has 0 aromatic heterocycles. The van der Waals surface area contributed by atoms with Gasteiger partial charge in [0.25, 0.3) is 0 Å². The fourth-order valence-electron chi connectivity index (χ4n) is 0.250. The van der Waals surface area contributed by atoms with Gasteiger partial charge in [0.15, 0.2) is 0 Å². The quantitative estimate of drug-likeness (QED) is 0.504. The molecule has 0 spiro atoms. The minimum Gasteiger partial charge on any atom is -0.317 e. The fraction of sp³-hybridized carbons (Fsp3) is 1.00. The predicted molar refractivity (Wildman–Crippen MR) is 30.0 cm³/mol. The second-order valence-electron chi connectivity index (χ2n) is 0.957. The van der Waals surface area contributed by atoms with Crippen molar-refractivity contribution in [3.63, 3.8) is 0 Å². The molecule has 1 N–H and O–H groups in total. The third-order valence-electron chi connectivity index (χ3n) is 0.500. The van der Waals surface area contributed by atoms with Crippen molar-refractivity contribution in [2.24, 2.45) is 0 Å². The zero-order chi connectivity index (χ0) is 4.12. The Labute approximate surface area is 82.3 Å². The van der Waals surface area contributed by atoms with Gasteiger partial charge >= 0.3 is 0 Å². The van der Waals surface area contributed by atoms with E-state index in [9.17, 15) is 0 Å². The third-order valence-corrected chi connectivity index (χ3v) is 0.500. The molecule has 0 aromatic carbocycles. The molecular formula is C4H11KN. The first-order chi connectivity index (χ1) is 2.41. The molecule has 0 rings (SSSR count). The van der Waals surface area contributed by atoms with Crippen LogP contribution >= 0.6 is 0 Å². The summed E-state index contributed by atoms with van der Waals surface area (Å²) in [5.41, 5.74) is 0. The zero-order valence-corrected chi connectivity index (χ0v) is 8.04. The molecule has 2 heteroatoms. The van der Waals surface area contributed by atoms with Crippen LogP contribution in [0.5, 0.6) is 0 Å². The zero-order valence-electron chi connectivity index (χ0n) is 4.91. The smallest absolute Gasteiger partial charge is 0 e. The Bertz CT molecular complexity index is 15.0. The van der Waals surface area contributed by atoms with E-state index in [0.29, 0.717) is 0 Å². The van der Waals surface area contributed by atoms with Crippen LogP contribution < -0.4 is 5.32 Å². The molecular weight excluding hydrogens is 101 g/mol. The second kappa shape index (κ2) is 9.78. The Morgan fingerprint density at radius 1 is 1.17 bits per heavy atom. The van der Waals surface area contributed by atoms with Gasteiger partial charge in [0.05, 0.1) is 0 Å². The molecule has 0 aliphatic rings. The van der Waals surface area contributed by atoms with Crippen molar-refractivity contribution >= 4 is 51.4 Å². The van der Waals surface area contributed by atoms with Crippen molar-refractivity contribution in [3.8, 4) is 0 Å². The van der Waals surface area contributed by atoms with Crippen molar-refractivity contribution in [1.29, 1.82) is 0 Å². The second-order valence-corrected chi connectivity index (χ2v) is 0.957. The molecule has 0 fully saturated rings. The van der Waals surface area contributed by atoms with Gasteiger partial charge < -0.3 is 5.32 Å². The third kappa shape index (κ3) is 9.14. The Hall–Kier alpha value is 1.60. The van der Waals surface area contributed by atoms with Crippen molar-refractivity contribution in [1.82, 2.24) is 5.32 Å². The SMILES string of the molecule is CCNCC.[K]. The van der Waals surface area contributed by atoms with Crippen LogP contribution in [0, 0.1) is 0 Å². The summed E-state index contributed by atoms with van der Waals surface area (Å²) in [7, 11) is 0. The molecule has 0 saturated heterocycles. The van der Waals surface area contributed by atoms with Crippen molar-refractivity contribution in [2.75, 3.05) is 13.1 Å². The van der Waals surface area contributed by atoms with E-state index in [1.54, 1.807) is 0 Å². The summed E-state index contributed by atoms with van der Waals surface area (Å²) in [5, 5.41) is 3.11. The average molecular weight is 112 g/mol. The minimum atomic E-state index is 0. The summed E-state index contributed by atoms with van der Waals surface area (Å²) < 4.78 is 0. The average Bonchev–Trinajstić information content (AvgIpc) is 1.41. The summed E-state index contributed by atoms with van der Waals surface area (Å²) >= 11 is 0. The first kappa shape index (κ1) is 10.6. The summed E-state index contributed by atoms with van der Waals surface area (Å²) in [4.78, 5) is 0. The summed E-state index contributed by atoms with van der Waals surface area (Å²) in [6.07, 6.45) is 0. The van der Waals surface area contributed by atoms with E-state index in [4.69, 9.17) is 0 Å². The Morgan fingerprint density at radius 3 is 1.50 bits per heavy atom. The maximum atomic E-state index is 3.11. The van der Waals surface area contributed by atoms with Crippen molar-refractivity contribution in [3.05, 3.63) is 0 Å². The van der Waals surface area contributed by atoms with Gasteiger partial charge in [-0.05, 0) is 13.1 Å². The van der Waals surface area contributed by atoms with Crippen LogP contribution in [-0.2, 0) is 0 Å². The van der Waals surface area contributed by atoms with Gasteiger partial charge in [-0.3, -0.25) is 0 Å². The standard InChI is InChI=1S/C4H11N.K/c1-3-5-4-2;/h5H,3-4H2,1-2H3;. The molecule has 0 aliphatic heterocycles. The molecule has 0 saturated carbocycles. The Kier molecular flexibility index (Phi) is 17.2. The molecule has 0 heterocycles. The topological polar surface area (TPSA) is 12.0 Å². The van der Waals surface area contributed by atoms with Crippen LogP contribution in [0.2, 0.25) is 0 Å². The van der Waals surface area contributed by atoms with Gasteiger partial charge in [0.1, 0.15) is 0 Å². The van der Waals surface area contributed by atoms with E-state index in [-0.39, 0.29) is 51.4 Å². The van der Waals surface area contributed by atoms with Gasteiger partial charge in [-0.2, -0.15) is 0 Å². The molecule has 33 valence electrons. The number of hydrogen-bond donors (Lipinski definition) is 1. The number of nitrogens with one attached hydrogen (secondary N) is 1. The Balaban J connectivity index is 0. The molecule has 0 bridgehead atoms. The fourth-order valence-corrected chi connectivity index (χ4v) is 0.250. The Morgan fingerprint density at radius 2 is 1.50 bits per heavy atom. The maximum absolute atomic E-state index is 3.11. The number of hydrogen-bond acceptors (Lipinski definition) is 1. The maximum Gasteiger partial charge on any atom is 0 e. The molecule has 0 aliphatic carbocycles.